The summed E-state index contributed by atoms with van der Waals surface area (Å²) in [6.45, 7) is 16.1. The van der Waals surface area contributed by atoms with Gasteiger partial charge in [0, 0.05) is 29.7 Å². The summed E-state index contributed by atoms with van der Waals surface area (Å²) in [4.78, 5) is 41.9. The fourth-order valence-corrected chi connectivity index (χ4v) is 5.36. The number of carbonyl (C=O) groups excluding carboxylic acids is 2. The third-order valence-corrected chi connectivity index (χ3v) is 7.26. The Morgan fingerprint density at radius 2 is 1.81 bits per heavy atom. The van der Waals surface area contributed by atoms with Gasteiger partial charge in [0.15, 0.2) is 0 Å². The van der Waals surface area contributed by atoms with Gasteiger partial charge in [-0.3, -0.25) is 14.5 Å². The third kappa shape index (κ3) is 6.97. The van der Waals surface area contributed by atoms with Crippen LogP contribution >= 0.6 is 11.8 Å². The van der Waals surface area contributed by atoms with Gasteiger partial charge in [0.05, 0.1) is 6.04 Å². The molecule has 2 N–H and O–H groups in total. The number of thioether (sulfide) groups is 1. The Morgan fingerprint density at radius 1 is 1.26 bits per heavy atom. The second-order valence-corrected chi connectivity index (χ2v) is 12.2. The third-order valence-electron chi connectivity index (χ3n) is 5.90. The molecular weight excluding hydrogens is 414 g/mol. The van der Waals surface area contributed by atoms with E-state index in [-0.39, 0.29) is 34.1 Å². The van der Waals surface area contributed by atoms with E-state index in [1.807, 2.05) is 41.7 Å². The minimum absolute atomic E-state index is 0.0133. The lowest BCUT2D eigenvalue weighted by molar-refractivity contribution is -0.141. The number of carboxylic acid groups (broad SMARTS) is 1. The molecule has 0 aliphatic carbocycles. The van der Waals surface area contributed by atoms with Gasteiger partial charge in [-0.1, -0.05) is 40.7 Å². The summed E-state index contributed by atoms with van der Waals surface area (Å²) in [6, 6.07) is -1.47. The number of amides is 2. The van der Waals surface area contributed by atoms with Gasteiger partial charge in [-0.2, -0.15) is 11.8 Å². The predicted molar refractivity (Wildman–Crippen MR) is 127 cm³/mol. The van der Waals surface area contributed by atoms with Gasteiger partial charge in [0.25, 0.3) is 0 Å². The number of hydrogen-bond acceptors (Lipinski definition) is 5. The number of rotatable bonds is 7. The Bertz CT molecular complexity index is 712. The van der Waals surface area contributed by atoms with Crippen LogP contribution in [0.2, 0.25) is 0 Å². The van der Waals surface area contributed by atoms with Crippen LogP contribution in [0.15, 0.2) is 11.6 Å². The molecule has 2 amide bonds. The maximum atomic E-state index is 13.6. The van der Waals surface area contributed by atoms with Gasteiger partial charge in [-0.05, 0) is 39.2 Å². The van der Waals surface area contributed by atoms with Crippen LogP contribution < -0.4 is 5.32 Å². The number of likely N-dealkylation sites (N-methyl/N-ethyl adjacent to an activating group) is 2. The highest BCUT2D eigenvalue weighted by molar-refractivity contribution is 8.00. The van der Waals surface area contributed by atoms with Crippen LogP contribution in [0.4, 0.5) is 0 Å². The number of carbonyl (C=O) groups is 3. The van der Waals surface area contributed by atoms with Crippen molar-refractivity contribution in [3.8, 4) is 0 Å². The molecule has 1 saturated heterocycles. The fourth-order valence-electron chi connectivity index (χ4n) is 4.01. The number of hydrogen-bond donors (Lipinski definition) is 2. The van der Waals surface area contributed by atoms with E-state index < -0.39 is 23.5 Å². The van der Waals surface area contributed by atoms with Crippen LogP contribution in [0, 0.1) is 11.3 Å². The Morgan fingerprint density at radius 3 is 2.23 bits per heavy atom. The lowest BCUT2D eigenvalue weighted by atomic mass is 9.84. The molecule has 31 heavy (non-hydrogen) atoms. The van der Waals surface area contributed by atoms with Crippen molar-refractivity contribution >= 4 is 29.5 Å². The second-order valence-electron chi connectivity index (χ2n) is 10.5. The summed E-state index contributed by atoms with van der Waals surface area (Å²) < 4.78 is -0.268. The van der Waals surface area contributed by atoms with Crippen molar-refractivity contribution in [2.24, 2.45) is 11.3 Å². The molecular formula is C23H41N3O4S. The zero-order valence-corrected chi connectivity index (χ0v) is 21.6. The molecule has 0 saturated carbocycles. The van der Waals surface area contributed by atoms with Crippen LogP contribution in [0.25, 0.3) is 0 Å². The molecule has 1 fully saturated rings. The molecule has 0 aromatic heterocycles. The Balaban J connectivity index is 3.21. The topological polar surface area (TPSA) is 90.0 Å². The molecule has 1 rings (SSSR count). The van der Waals surface area contributed by atoms with Gasteiger partial charge < -0.3 is 15.3 Å². The molecule has 0 aromatic rings. The number of nitrogens with zero attached hydrogens (tertiary/aromatic N) is 2. The summed E-state index contributed by atoms with van der Waals surface area (Å²) in [5, 5.41) is 12.3. The van der Waals surface area contributed by atoms with Crippen molar-refractivity contribution in [3.63, 3.8) is 0 Å². The molecule has 7 nitrogen and oxygen atoms in total. The van der Waals surface area contributed by atoms with Gasteiger partial charge in [-0.25, -0.2) is 4.79 Å². The van der Waals surface area contributed by atoms with Crippen molar-refractivity contribution in [2.45, 2.75) is 78.3 Å². The van der Waals surface area contributed by atoms with Crippen molar-refractivity contribution in [2.75, 3.05) is 26.4 Å². The first-order valence-corrected chi connectivity index (χ1v) is 11.8. The molecule has 0 spiro atoms. The largest absolute Gasteiger partial charge is 0.478 e. The van der Waals surface area contributed by atoms with E-state index in [1.54, 1.807) is 29.8 Å². The molecule has 1 heterocycles. The van der Waals surface area contributed by atoms with E-state index >= 15 is 0 Å². The molecule has 0 aromatic carbocycles. The van der Waals surface area contributed by atoms with Gasteiger partial charge >= 0.3 is 5.97 Å². The van der Waals surface area contributed by atoms with Crippen molar-refractivity contribution < 1.29 is 19.5 Å². The molecule has 3 atom stereocenters. The van der Waals surface area contributed by atoms with Crippen LogP contribution in [0.1, 0.15) is 55.4 Å². The van der Waals surface area contributed by atoms with E-state index in [2.05, 4.69) is 24.1 Å². The summed E-state index contributed by atoms with van der Waals surface area (Å²) in [5.41, 5.74) is -0.323. The normalized spacial score (nSPS) is 22.0. The van der Waals surface area contributed by atoms with Gasteiger partial charge in [0.1, 0.15) is 12.1 Å². The van der Waals surface area contributed by atoms with Crippen LogP contribution in [-0.4, -0.2) is 82.0 Å². The first-order valence-electron chi connectivity index (χ1n) is 10.8. The van der Waals surface area contributed by atoms with Crippen LogP contribution in [0.3, 0.4) is 0 Å². The smallest absolute Gasteiger partial charge is 0.331 e. The van der Waals surface area contributed by atoms with E-state index in [4.69, 9.17) is 0 Å². The van der Waals surface area contributed by atoms with E-state index in [9.17, 15) is 19.5 Å². The lowest BCUT2D eigenvalue weighted by Gasteiger charge is -2.44. The standard InChI is InChI=1S/C23H41N3O4S/c1-14(2)16(13-15(3)21(29)30)26(10)20(28)17(22(4,5)6)24-19(27)18-23(7,8)31-12-11-25(18)9/h13-14,16-18H,11-12H2,1-10H3,(H,24,27)(H,29,30)/b15-13+/t16-,17?,18?/m1/s1. The summed E-state index contributed by atoms with van der Waals surface area (Å²) >= 11 is 1.77. The summed E-state index contributed by atoms with van der Waals surface area (Å²) in [6.07, 6.45) is 1.61. The molecule has 2 unspecified atom stereocenters. The Hall–Kier alpha value is -1.54. The zero-order valence-electron chi connectivity index (χ0n) is 20.8. The van der Waals surface area contributed by atoms with E-state index in [0.29, 0.717) is 0 Å². The highest BCUT2D eigenvalue weighted by atomic mass is 32.2. The average Bonchev–Trinajstić information content (AvgIpc) is 2.60. The van der Waals surface area contributed by atoms with Crippen LogP contribution in [0.5, 0.6) is 0 Å². The Labute approximate surface area is 192 Å². The molecule has 0 radical (unpaired) electrons. The average molecular weight is 456 g/mol. The predicted octanol–water partition coefficient (Wildman–Crippen LogP) is 2.86. The van der Waals surface area contributed by atoms with Crippen LogP contribution in [-0.2, 0) is 14.4 Å². The van der Waals surface area contributed by atoms with Gasteiger partial charge in [-0.15, -0.1) is 0 Å². The number of carboxylic acids is 1. The fraction of sp³-hybridized carbons (Fsp3) is 0.783. The maximum absolute atomic E-state index is 13.6. The first kappa shape index (κ1) is 27.5. The van der Waals surface area contributed by atoms with Crippen molar-refractivity contribution in [1.82, 2.24) is 15.1 Å². The maximum Gasteiger partial charge on any atom is 0.331 e. The quantitative estimate of drug-likeness (QED) is 0.574. The monoisotopic (exact) mass is 455 g/mol. The number of aliphatic carboxylic acids is 1. The molecule has 1 aliphatic rings. The molecule has 8 heteroatoms. The van der Waals surface area contributed by atoms with Crippen molar-refractivity contribution in [1.29, 1.82) is 0 Å². The molecule has 0 bridgehead atoms. The second kappa shape index (κ2) is 10.4. The van der Waals surface area contributed by atoms with Crippen molar-refractivity contribution in [3.05, 3.63) is 11.6 Å². The Kier molecular flexibility index (Phi) is 9.21. The number of nitrogens with one attached hydrogen (secondary N) is 1. The SMILES string of the molecule is C/C(=C\[C@H](C(C)C)N(C)C(=O)C(NC(=O)C1N(C)CCSC1(C)C)C(C)(C)C)C(=O)O. The summed E-state index contributed by atoms with van der Waals surface area (Å²) in [5.74, 6) is -0.410. The molecule has 178 valence electrons. The minimum atomic E-state index is -1.01. The molecule has 1 aliphatic heterocycles. The minimum Gasteiger partial charge on any atom is -0.478 e. The highest BCUT2D eigenvalue weighted by Crippen LogP contribution is 2.35. The summed E-state index contributed by atoms with van der Waals surface area (Å²) in [7, 11) is 3.62. The highest BCUT2D eigenvalue weighted by Gasteiger charge is 2.44. The van der Waals surface area contributed by atoms with Gasteiger partial charge in [0.2, 0.25) is 11.8 Å². The van der Waals surface area contributed by atoms with E-state index in [0.717, 1.165) is 12.3 Å². The van der Waals surface area contributed by atoms with E-state index in [1.165, 1.54) is 6.92 Å². The first-order chi connectivity index (χ1) is 14.0. The lowest BCUT2D eigenvalue weighted by Crippen LogP contribution is -2.63. The zero-order chi connectivity index (χ0) is 24.3.